The summed E-state index contributed by atoms with van der Waals surface area (Å²) in [7, 11) is 1.60. The van der Waals surface area contributed by atoms with Gasteiger partial charge < -0.3 is 14.8 Å². The van der Waals surface area contributed by atoms with Gasteiger partial charge in [-0.1, -0.05) is 0 Å². The third kappa shape index (κ3) is 3.60. The third-order valence-corrected chi connectivity index (χ3v) is 4.76. The first-order valence-corrected chi connectivity index (χ1v) is 8.35. The minimum atomic E-state index is -0.853. The van der Waals surface area contributed by atoms with E-state index in [9.17, 15) is 9.90 Å². The Morgan fingerprint density at radius 3 is 2.80 bits per heavy atom. The minimum Gasteiger partial charge on any atom is -0.497 e. The smallest absolute Gasteiger partial charge is 0.325 e. The maximum Gasteiger partial charge on any atom is 0.325 e. The maximum absolute atomic E-state index is 12.0. The van der Waals surface area contributed by atoms with Gasteiger partial charge in [0.1, 0.15) is 11.8 Å². The number of ether oxygens (including phenoxy) is 1. The molecule has 0 saturated carbocycles. The Labute approximate surface area is 146 Å². The van der Waals surface area contributed by atoms with Crippen molar-refractivity contribution in [3.63, 3.8) is 0 Å². The Balaban J connectivity index is 1.83. The number of carbonyl (C=O) groups is 1. The fourth-order valence-corrected chi connectivity index (χ4v) is 3.41. The van der Waals surface area contributed by atoms with Crippen LogP contribution in [0.4, 0.5) is 0 Å². The lowest BCUT2D eigenvalue weighted by Gasteiger charge is -2.37. The van der Waals surface area contributed by atoms with Crippen LogP contribution in [-0.2, 0) is 4.79 Å². The van der Waals surface area contributed by atoms with Crippen LogP contribution in [0, 0.1) is 11.3 Å². The molecule has 132 valence electrons. The van der Waals surface area contributed by atoms with Gasteiger partial charge in [-0.2, -0.15) is 5.26 Å². The van der Waals surface area contributed by atoms with Gasteiger partial charge in [-0.25, -0.2) is 0 Å². The summed E-state index contributed by atoms with van der Waals surface area (Å²) >= 11 is 0. The molecular formula is C18H22N4O3. The van der Waals surface area contributed by atoms with Gasteiger partial charge in [-0.15, -0.1) is 0 Å². The van der Waals surface area contributed by atoms with E-state index in [1.54, 1.807) is 13.3 Å². The predicted octanol–water partition coefficient (Wildman–Crippen LogP) is 1.83. The van der Waals surface area contributed by atoms with Crippen molar-refractivity contribution in [1.82, 2.24) is 14.8 Å². The fraction of sp³-hybridized carbons (Fsp3) is 0.444. The molecular weight excluding hydrogens is 320 g/mol. The van der Waals surface area contributed by atoms with Crippen LogP contribution < -0.4 is 4.74 Å². The van der Waals surface area contributed by atoms with Crippen LogP contribution in [0.5, 0.6) is 5.75 Å². The molecule has 0 unspecified atom stereocenters. The topological polar surface area (TPSA) is 92.6 Å². The highest BCUT2D eigenvalue weighted by atomic mass is 16.5. The van der Waals surface area contributed by atoms with E-state index in [2.05, 4.69) is 16.0 Å². The molecule has 2 N–H and O–H groups in total. The first-order valence-electron chi connectivity index (χ1n) is 8.35. The first-order chi connectivity index (χ1) is 12.1. The summed E-state index contributed by atoms with van der Waals surface area (Å²) in [5.41, 5.74) is 1.65. The molecule has 0 aliphatic carbocycles. The number of piperazine rings is 1. The Hall–Kier alpha value is -2.56. The average Bonchev–Trinajstić information content (AvgIpc) is 3.03. The highest BCUT2D eigenvalue weighted by Crippen LogP contribution is 2.31. The van der Waals surface area contributed by atoms with Gasteiger partial charge in [0.15, 0.2) is 0 Å². The van der Waals surface area contributed by atoms with E-state index in [4.69, 9.17) is 10.00 Å². The number of rotatable bonds is 6. The molecule has 25 heavy (non-hydrogen) atoms. The van der Waals surface area contributed by atoms with Crippen molar-refractivity contribution in [2.24, 2.45) is 0 Å². The van der Waals surface area contributed by atoms with Gasteiger partial charge in [0.2, 0.25) is 0 Å². The van der Waals surface area contributed by atoms with E-state index < -0.39 is 12.0 Å². The van der Waals surface area contributed by atoms with Crippen LogP contribution in [0.25, 0.3) is 10.9 Å². The summed E-state index contributed by atoms with van der Waals surface area (Å²) in [5.74, 6) is -0.145. The van der Waals surface area contributed by atoms with Gasteiger partial charge in [0.25, 0.3) is 0 Å². The highest BCUT2D eigenvalue weighted by molar-refractivity contribution is 5.90. The third-order valence-electron chi connectivity index (χ3n) is 4.76. The van der Waals surface area contributed by atoms with Gasteiger partial charge in [0.05, 0.1) is 13.2 Å². The lowest BCUT2D eigenvalue weighted by Crippen LogP contribution is -2.49. The summed E-state index contributed by atoms with van der Waals surface area (Å²) in [6.07, 6.45) is 2.29. The van der Waals surface area contributed by atoms with Crippen molar-refractivity contribution in [3.05, 3.63) is 30.0 Å². The fourth-order valence-electron chi connectivity index (χ4n) is 3.41. The molecule has 7 heteroatoms. The summed E-state index contributed by atoms with van der Waals surface area (Å²) in [5, 5.41) is 19.4. The summed E-state index contributed by atoms with van der Waals surface area (Å²) in [4.78, 5) is 19.4. The van der Waals surface area contributed by atoms with Gasteiger partial charge in [-0.3, -0.25) is 14.6 Å². The molecule has 2 heterocycles. The number of methoxy groups -OCH3 is 1. The van der Waals surface area contributed by atoms with E-state index in [-0.39, 0.29) is 0 Å². The number of carboxylic acids is 1. The van der Waals surface area contributed by atoms with Gasteiger partial charge in [0, 0.05) is 61.8 Å². The molecule has 1 aliphatic heterocycles. The number of carboxylic acid groups (broad SMARTS) is 1. The largest absolute Gasteiger partial charge is 0.497 e. The van der Waals surface area contributed by atoms with Crippen LogP contribution in [0.3, 0.4) is 0 Å². The molecule has 1 fully saturated rings. The molecule has 0 spiro atoms. The van der Waals surface area contributed by atoms with Crippen LogP contribution in [0.15, 0.2) is 24.4 Å². The first kappa shape index (κ1) is 17.3. The average molecular weight is 342 g/mol. The Kier molecular flexibility index (Phi) is 5.22. The maximum atomic E-state index is 12.0. The second-order valence-electron chi connectivity index (χ2n) is 6.18. The Morgan fingerprint density at radius 2 is 2.16 bits per heavy atom. The van der Waals surface area contributed by atoms with Crippen LogP contribution in [-0.4, -0.2) is 65.7 Å². The lowest BCUT2D eigenvalue weighted by atomic mass is 10.0. The van der Waals surface area contributed by atoms with E-state index >= 15 is 0 Å². The standard InChI is InChI=1S/C18H22N4O3/c1-25-13-3-4-16-14(11-13)15(12-20-16)17(18(23)24)22-9-7-21(8-10-22)6-2-5-19/h3-4,11-12,17,20H,2,6-10H2,1H3,(H,23,24)/t17-/m0/s1. The molecule has 3 rings (SSSR count). The second-order valence-corrected chi connectivity index (χ2v) is 6.18. The monoisotopic (exact) mass is 342 g/mol. The number of benzene rings is 1. The van der Waals surface area contributed by atoms with E-state index in [0.29, 0.717) is 25.3 Å². The van der Waals surface area contributed by atoms with Crippen molar-refractivity contribution in [1.29, 1.82) is 5.26 Å². The molecule has 1 aromatic heterocycles. The zero-order chi connectivity index (χ0) is 17.8. The van der Waals surface area contributed by atoms with E-state index in [0.717, 1.165) is 36.1 Å². The summed E-state index contributed by atoms with van der Waals surface area (Å²) < 4.78 is 5.28. The van der Waals surface area contributed by atoms with Crippen LogP contribution in [0.2, 0.25) is 0 Å². The van der Waals surface area contributed by atoms with Crippen molar-refractivity contribution < 1.29 is 14.6 Å². The number of nitrogens with zero attached hydrogens (tertiary/aromatic N) is 3. The van der Waals surface area contributed by atoms with Crippen molar-refractivity contribution in [2.75, 3.05) is 39.8 Å². The van der Waals surface area contributed by atoms with Gasteiger partial charge in [-0.05, 0) is 18.2 Å². The quantitative estimate of drug-likeness (QED) is 0.832. The van der Waals surface area contributed by atoms with Crippen molar-refractivity contribution >= 4 is 16.9 Å². The molecule has 1 aromatic carbocycles. The number of nitriles is 1. The number of hydrogen-bond donors (Lipinski definition) is 2. The van der Waals surface area contributed by atoms with Crippen molar-refractivity contribution in [2.45, 2.75) is 12.5 Å². The molecule has 1 saturated heterocycles. The normalized spacial score (nSPS) is 17.3. The number of H-pyrrole nitrogens is 1. The summed E-state index contributed by atoms with van der Waals surface area (Å²) in [6, 6.07) is 7.09. The molecule has 7 nitrogen and oxygen atoms in total. The highest BCUT2D eigenvalue weighted by Gasteiger charge is 2.32. The van der Waals surface area contributed by atoms with Crippen molar-refractivity contribution in [3.8, 4) is 11.8 Å². The molecule has 1 atom stereocenters. The molecule has 2 aromatic rings. The Morgan fingerprint density at radius 1 is 1.40 bits per heavy atom. The Bertz CT molecular complexity index is 787. The number of hydrogen-bond acceptors (Lipinski definition) is 5. The van der Waals surface area contributed by atoms with E-state index in [1.807, 2.05) is 23.1 Å². The lowest BCUT2D eigenvalue weighted by molar-refractivity contribution is -0.144. The van der Waals surface area contributed by atoms with Crippen LogP contribution >= 0.6 is 0 Å². The molecule has 0 bridgehead atoms. The zero-order valence-electron chi connectivity index (χ0n) is 14.2. The molecule has 0 radical (unpaired) electrons. The molecule has 0 amide bonds. The number of fused-ring (bicyclic) bond motifs is 1. The number of aliphatic carboxylic acids is 1. The number of aromatic nitrogens is 1. The predicted molar refractivity (Wildman–Crippen MR) is 93.5 cm³/mol. The number of aromatic amines is 1. The van der Waals surface area contributed by atoms with Gasteiger partial charge >= 0.3 is 5.97 Å². The molecule has 1 aliphatic rings. The minimum absolute atomic E-state index is 0.505. The van der Waals surface area contributed by atoms with Crippen LogP contribution in [0.1, 0.15) is 18.0 Å². The number of nitrogens with one attached hydrogen (secondary N) is 1. The summed E-state index contributed by atoms with van der Waals surface area (Å²) in [6.45, 7) is 3.62. The second kappa shape index (κ2) is 7.55. The SMILES string of the molecule is COc1ccc2[nH]cc([C@@H](C(=O)O)N3CCN(CCC#N)CC3)c2c1. The zero-order valence-corrected chi connectivity index (χ0v) is 14.2. The van der Waals surface area contributed by atoms with E-state index in [1.165, 1.54) is 0 Å².